The molecule has 0 aromatic carbocycles. The van der Waals surface area contributed by atoms with E-state index in [4.69, 9.17) is 4.74 Å². The van der Waals surface area contributed by atoms with Gasteiger partial charge in [0.1, 0.15) is 0 Å². The number of piperazine rings is 1. The van der Waals surface area contributed by atoms with Crippen molar-refractivity contribution in [3.63, 3.8) is 0 Å². The van der Waals surface area contributed by atoms with Gasteiger partial charge < -0.3 is 10.1 Å². The number of hydrogen-bond acceptors (Lipinski definition) is 3. The summed E-state index contributed by atoms with van der Waals surface area (Å²) in [5.41, 5.74) is 0.0444. The minimum atomic E-state index is -0.120. The van der Waals surface area contributed by atoms with Crippen molar-refractivity contribution in [3.05, 3.63) is 0 Å². The zero-order valence-electron chi connectivity index (χ0n) is 10.1. The van der Waals surface area contributed by atoms with E-state index in [1.807, 2.05) is 11.8 Å². The van der Waals surface area contributed by atoms with Crippen LogP contribution in [0, 0.1) is 0 Å². The third-order valence-electron chi connectivity index (χ3n) is 3.81. The van der Waals surface area contributed by atoms with Gasteiger partial charge in [-0.2, -0.15) is 0 Å². The van der Waals surface area contributed by atoms with Crippen LogP contribution in [0.2, 0.25) is 0 Å². The Morgan fingerprint density at radius 1 is 1.38 bits per heavy atom. The van der Waals surface area contributed by atoms with Crippen molar-refractivity contribution in [1.29, 1.82) is 0 Å². The fourth-order valence-electron chi connectivity index (χ4n) is 2.99. The van der Waals surface area contributed by atoms with Crippen molar-refractivity contribution in [2.75, 3.05) is 26.2 Å². The highest BCUT2D eigenvalue weighted by molar-refractivity contribution is 5.69. The van der Waals surface area contributed by atoms with Crippen LogP contribution in [0.25, 0.3) is 0 Å². The van der Waals surface area contributed by atoms with Gasteiger partial charge in [0.05, 0.1) is 12.1 Å². The number of ether oxygens (including phenoxy) is 1. The number of amides is 1. The van der Waals surface area contributed by atoms with Crippen LogP contribution in [-0.4, -0.2) is 42.8 Å². The molecule has 0 unspecified atom stereocenters. The Morgan fingerprint density at radius 3 is 2.81 bits per heavy atom. The average molecular weight is 226 g/mol. The second-order valence-corrected chi connectivity index (χ2v) is 4.81. The molecule has 1 spiro atoms. The number of rotatable bonds is 1. The molecule has 92 valence electrons. The second-order valence-electron chi connectivity index (χ2n) is 4.81. The summed E-state index contributed by atoms with van der Waals surface area (Å²) in [4.78, 5) is 13.9. The summed E-state index contributed by atoms with van der Waals surface area (Å²) in [6.45, 7) is 4.96. The number of carbonyl (C=O) groups is 1. The summed E-state index contributed by atoms with van der Waals surface area (Å²) in [5.74, 6) is 0. The Kier molecular flexibility index (Phi) is 3.69. The molecular weight excluding hydrogens is 204 g/mol. The van der Waals surface area contributed by atoms with E-state index in [1.54, 1.807) is 0 Å². The number of nitrogens with zero attached hydrogens (tertiary/aromatic N) is 1. The van der Waals surface area contributed by atoms with Crippen LogP contribution >= 0.6 is 0 Å². The van der Waals surface area contributed by atoms with E-state index < -0.39 is 0 Å². The lowest BCUT2D eigenvalue weighted by molar-refractivity contribution is 0.0174. The number of nitrogens with one attached hydrogen (secondary N) is 1. The predicted molar refractivity (Wildman–Crippen MR) is 62.4 cm³/mol. The summed E-state index contributed by atoms with van der Waals surface area (Å²) in [5, 5.41) is 3.42. The zero-order valence-corrected chi connectivity index (χ0v) is 10.1. The third-order valence-corrected chi connectivity index (χ3v) is 3.81. The molecule has 2 fully saturated rings. The van der Waals surface area contributed by atoms with Gasteiger partial charge in [0.25, 0.3) is 0 Å². The fraction of sp³-hybridized carbons (Fsp3) is 0.917. The van der Waals surface area contributed by atoms with E-state index in [0.717, 1.165) is 32.5 Å². The second kappa shape index (κ2) is 5.04. The third kappa shape index (κ3) is 2.17. The zero-order chi connectivity index (χ0) is 11.4. The molecule has 2 aliphatic rings. The van der Waals surface area contributed by atoms with Gasteiger partial charge in [0, 0.05) is 19.6 Å². The van der Waals surface area contributed by atoms with E-state index >= 15 is 0 Å². The molecule has 0 radical (unpaired) electrons. The van der Waals surface area contributed by atoms with E-state index in [-0.39, 0.29) is 11.6 Å². The summed E-state index contributed by atoms with van der Waals surface area (Å²) < 4.78 is 5.17. The smallest absolute Gasteiger partial charge is 0.410 e. The predicted octanol–water partition coefficient (Wildman–Crippen LogP) is 1.75. The van der Waals surface area contributed by atoms with Crippen molar-refractivity contribution in [1.82, 2.24) is 10.2 Å². The first-order valence-electron chi connectivity index (χ1n) is 6.44. The summed E-state index contributed by atoms with van der Waals surface area (Å²) in [6, 6.07) is 0. The molecule has 1 aliphatic heterocycles. The van der Waals surface area contributed by atoms with Crippen LogP contribution in [-0.2, 0) is 4.74 Å². The summed E-state index contributed by atoms with van der Waals surface area (Å²) in [6.07, 6.45) is 5.90. The molecule has 1 saturated heterocycles. The molecular formula is C12H22N2O2. The fourth-order valence-corrected chi connectivity index (χ4v) is 2.99. The number of carbonyl (C=O) groups excluding carboxylic acids is 1. The van der Waals surface area contributed by atoms with Crippen LogP contribution < -0.4 is 5.32 Å². The summed E-state index contributed by atoms with van der Waals surface area (Å²) in [7, 11) is 0. The van der Waals surface area contributed by atoms with Gasteiger partial charge in [-0.25, -0.2) is 4.79 Å². The maximum absolute atomic E-state index is 11.9. The normalized spacial score (nSPS) is 24.4. The highest BCUT2D eigenvalue weighted by Gasteiger charge is 2.42. The molecule has 4 nitrogen and oxygen atoms in total. The minimum absolute atomic E-state index is 0.0444. The summed E-state index contributed by atoms with van der Waals surface area (Å²) >= 11 is 0. The topological polar surface area (TPSA) is 41.6 Å². The van der Waals surface area contributed by atoms with Crippen molar-refractivity contribution in [2.24, 2.45) is 0 Å². The van der Waals surface area contributed by atoms with E-state index in [2.05, 4.69) is 5.32 Å². The first-order chi connectivity index (χ1) is 7.78. The quantitative estimate of drug-likeness (QED) is 0.740. The van der Waals surface area contributed by atoms with Gasteiger partial charge in [0.15, 0.2) is 0 Å². The van der Waals surface area contributed by atoms with Gasteiger partial charge in [-0.15, -0.1) is 0 Å². The van der Waals surface area contributed by atoms with E-state index in [1.165, 1.54) is 19.3 Å². The van der Waals surface area contributed by atoms with Gasteiger partial charge >= 0.3 is 6.09 Å². The van der Waals surface area contributed by atoms with Crippen molar-refractivity contribution in [3.8, 4) is 0 Å². The SMILES string of the molecule is CCOC(=O)N1CCNCC12CCCCC2. The standard InChI is InChI=1S/C12H22N2O2/c1-2-16-11(15)14-9-8-13-10-12(14)6-4-3-5-7-12/h13H,2-10H2,1H3. The highest BCUT2D eigenvalue weighted by Crippen LogP contribution is 2.34. The van der Waals surface area contributed by atoms with Crippen LogP contribution in [0.15, 0.2) is 0 Å². The lowest BCUT2D eigenvalue weighted by atomic mass is 9.79. The average Bonchev–Trinajstić information content (AvgIpc) is 2.31. The van der Waals surface area contributed by atoms with Gasteiger partial charge in [-0.1, -0.05) is 19.3 Å². The Hall–Kier alpha value is -0.770. The van der Waals surface area contributed by atoms with Crippen LogP contribution in [0.5, 0.6) is 0 Å². The minimum Gasteiger partial charge on any atom is -0.450 e. The van der Waals surface area contributed by atoms with Crippen molar-refractivity contribution < 1.29 is 9.53 Å². The molecule has 0 bridgehead atoms. The molecule has 1 saturated carbocycles. The Balaban J connectivity index is 2.09. The molecule has 0 aromatic heterocycles. The Labute approximate surface area is 97.3 Å². The molecule has 0 aromatic rings. The maximum atomic E-state index is 11.9. The van der Waals surface area contributed by atoms with Crippen LogP contribution in [0.3, 0.4) is 0 Å². The van der Waals surface area contributed by atoms with E-state index in [0.29, 0.717) is 6.61 Å². The first-order valence-corrected chi connectivity index (χ1v) is 6.44. The van der Waals surface area contributed by atoms with Gasteiger partial charge in [0.2, 0.25) is 0 Å². The molecule has 4 heteroatoms. The molecule has 1 heterocycles. The van der Waals surface area contributed by atoms with Crippen LogP contribution in [0.4, 0.5) is 4.79 Å². The van der Waals surface area contributed by atoms with Gasteiger partial charge in [-0.3, -0.25) is 4.90 Å². The number of hydrogen-bond donors (Lipinski definition) is 1. The lowest BCUT2D eigenvalue weighted by Crippen LogP contribution is -2.63. The highest BCUT2D eigenvalue weighted by atomic mass is 16.6. The molecule has 1 aliphatic carbocycles. The van der Waals surface area contributed by atoms with Crippen molar-refractivity contribution in [2.45, 2.75) is 44.6 Å². The maximum Gasteiger partial charge on any atom is 0.410 e. The van der Waals surface area contributed by atoms with Crippen molar-refractivity contribution >= 4 is 6.09 Å². The molecule has 1 amide bonds. The largest absolute Gasteiger partial charge is 0.450 e. The lowest BCUT2D eigenvalue weighted by Gasteiger charge is -2.48. The van der Waals surface area contributed by atoms with Gasteiger partial charge in [-0.05, 0) is 19.8 Å². The monoisotopic (exact) mass is 226 g/mol. The molecule has 16 heavy (non-hydrogen) atoms. The van der Waals surface area contributed by atoms with E-state index in [9.17, 15) is 4.79 Å². The van der Waals surface area contributed by atoms with Crippen LogP contribution in [0.1, 0.15) is 39.0 Å². The molecule has 0 atom stereocenters. The Bertz CT molecular complexity index is 241. The first kappa shape index (κ1) is 11.7. The Morgan fingerprint density at radius 2 is 2.12 bits per heavy atom. The molecule has 1 N–H and O–H groups in total. The molecule has 2 rings (SSSR count).